The van der Waals surface area contributed by atoms with Crippen molar-refractivity contribution in [3.05, 3.63) is 23.8 Å². The quantitative estimate of drug-likeness (QED) is 0.845. The van der Waals surface area contributed by atoms with Gasteiger partial charge in [0.15, 0.2) is 11.6 Å². The molecule has 1 aromatic rings. The van der Waals surface area contributed by atoms with Crippen molar-refractivity contribution in [1.29, 1.82) is 0 Å². The Hall–Kier alpha value is -1.94. The Bertz CT molecular complexity index is 674. The van der Waals surface area contributed by atoms with Crippen LogP contribution in [0.25, 0.3) is 0 Å². The third kappa shape index (κ3) is 3.22. The second-order valence-corrected chi connectivity index (χ2v) is 6.36. The van der Waals surface area contributed by atoms with Crippen molar-refractivity contribution in [2.75, 3.05) is 25.5 Å². The van der Waals surface area contributed by atoms with Crippen LogP contribution in [0.4, 0.5) is 19.3 Å². The Morgan fingerprint density at radius 3 is 2.48 bits per heavy atom. The number of ether oxygens (including phenoxy) is 1. The van der Waals surface area contributed by atoms with Crippen LogP contribution in [-0.2, 0) is 10.0 Å². The first-order chi connectivity index (χ1) is 9.72. The Balaban J connectivity index is 2.06. The van der Waals surface area contributed by atoms with Crippen molar-refractivity contribution >= 4 is 21.7 Å². The number of rotatable bonds is 3. The van der Waals surface area contributed by atoms with E-state index in [4.69, 9.17) is 9.88 Å². The minimum atomic E-state index is -3.69. The van der Waals surface area contributed by atoms with E-state index in [9.17, 15) is 22.0 Å². The van der Waals surface area contributed by atoms with E-state index in [1.54, 1.807) is 0 Å². The van der Waals surface area contributed by atoms with E-state index < -0.39 is 32.9 Å². The Morgan fingerprint density at radius 1 is 1.38 bits per heavy atom. The second kappa shape index (κ2) is 5.45. The van der Waals surface area contributed by atoms with E-state index in [1.165, 1.54) is 12.0 Å². The summed E-state index contributed by atoms with van der Waals surface area (Å²) in [7, 11) is -2.45. The van der Waals surface area contributed by atoms with E-state index >= 15 is 0 Å². The number of nitrogens with zero attached hydrogens (tertiary/aromatic N) is 1. The van der Waals surface area contributed by atoms with Crippen LogP contribution < -0.4 is 15.2 Å². The standard InChI is InChI=1S/C11H13F2N3O4S/c1-20-10-3-8(13)7(12)2-9(10)15-11(17)16-4-6(5-16)21(14,18)19/h2-3,6H,4-5H2,1H3,(H,15,17)(H2,14,18,19). The van der Waals surface area contributed by atoms with Crippen LogP contribution in [0, 0.1) is 11.6 Å². The number of amides is 2. The number of sulfonamides is 1. The molecule has 1 aliphatic rings. The molecule has 7 nitrogen and oxygen atoms in total. The highest BCUT2D eigenvalue weighted by Gasteiger charge is 2.38. The average Bonchev–Trinajstić information content (AvgIpc) is 2.29. The van der Waals surface area contributed by atoms with Gasteiger partial charge in [0.1, 0.15) is 11.0 Å². The van der Waals surface area contributed by atoms with Crippen LogP contribution >= 0.6 is 0 Å². The molecule has 2 rings (SSSR count). The Labute approximate surface area is 119 Å². The molecule has 0 aromatic heterocycles. The highest BCUT2D eigenvalue weighted by atomic mass is 32.2. The highest BCUT2D eigenvalue weighted by Crippen LogP contribution is 2.28. The first-order valence-electron chi connectivity index (χ1n) is 5.83. The number of carbonyl (C=O) groups is 1. The maximum Gasteiger partial charge on any atom is 0.322 e. The van der Waals surface area contributed by atoms with Gasteiger partial charge in [-0.1, -0.05) is 0 Å². The number of hydrogen-bond acceptors (Lipinski definition) is 4. The molecular weight excluding hydrogens is 308 g/mol. The minimum absolute atomic E-state index is 0.0502. The maximum atomic E-state index is 13.2. The van der Waals surface area contributed by atoms with Crippen LogP contribution in [0.3, 0.4) is 0 Å². The molecule has 0 radical (unpaired) electrons. The number of likely N-dealkylation sites (tertiary alicyclic amines) is 1. The summed E-state index contributed by atoms with van der Waals surface area (Å²) in [5.41, 5.74) is -0.0551. The van der Waals surface area contributed by atoms with E-state index in [-0.39, 0.29) is 24.5 Å². The molecule has 10 heteroatoms. The number of anilines is 1. The predicted octanol–water partition coefficient (Wildman–Crippen LogP) is 0.478. The van der Waals surface area contributed by atoms with Crippen molar-refractivity contribution in [2.24, 2.45) is 5.14 Å². The summed E-state index contributed by atoms with van der Waals surface area (Å²) in [4.78, 5) is 13.0. The lowest BCUT2D eigenvalue weighted by molar-refractivity contribution is 0.182. The molecule has 116 valence electrons. The van der Waals surface area contributed by atoms with Gasteiger partial charge in [0.25, 0.3) is 0 Å². The van der Waals surface area contributed by atoms with Gasteiger partial charge in [-0.25, -0.2) is 27.1 Å². The lowest BCUT2D eigenvalue weighted by Gasteiger charge is -2.37. The van der Waals surface area contributed by atoms with Gasteiger partial charge in [-0.2, -0.15) is 0 Å². The topological polar surface area (TPSA) is 102 Å². The van der Waals surface area contributed by atoms with Crippen LogP contribution in [-0.4, -0.2) is 44.8 Å². The molecule has 21 heavy (non-hydrogen) atoms. The highest BCUT2D eigenvalue weighted by molar-refractivity contribution is 7.89. The molecule has 0 bridgehead atoms. The van der Waals surface area contributed by atoms with Crippen LogP contribution in [0.15, 0.2) is 12.1 Å². The SMILES string of the molecule is COc1cc(F)c(F)cc1NC(=O)N1CC(S(N)(=O)=O)C1. The molecule has 1 aliphatic heterocycles. The molecule has 1 saturated heterocycles. The predicted molar refractivity (Wildman–Crippen MR) is 70.4 cm³/mol. The molecule has 2 amide bonds. The molecular formula is C11H13F2N3O4S. The second-order valence-electron chi connectivity index (χ2n) is 4.51. The van der Waals surface area contributed by atoms with Gasteiger partial charge in [-0.3, -0.25) is 0 Å². The van der Waals surface area contributed by atoms with Crippen molar-refractivity contribution in [1.82, 2.24) is 4.90 Å². The van der Waals surface area contributed by atoms with Crippen molar-refractivity contribution in [3.63, 3.8) is 0 Å². The number of methoxy groups -OCH3 is 1. The lowest BCUT2D eigenvalue weighted by Crippen LogP contribution is -2.59. The average molecular weight is 321 g/mol. The minimum Gasteiger partial charge on any atom is -0.494 e. The zero-order valence-electron chi connectivity index (χ0n) is 11.0. The number of benzene rings is 1. The third-order valence-corrected chi connectivity index (χ3v) is 4.31. The number of carbonyl (C=O) groups excluding carboxylic acids is 1. The summed E-state index contributed by atoms with van der Waals surface area (Å²) in [6.07, 6.45) is 0. The van der Waals surface area contributed by atoms with E-state index in [1.807, 2.05) is 0 Å². The molecule has 0 atom stereocenters. The molecule has 0 aliphatic carbocycles. The van der Waals surface area contributed by atoms with E-state index in [0.717, 1.165) is 12.1 Å². The molecule has 0 spiro atoms. The summed E-state index contributed by atoms with van der Waals surface area (Å²) >= 11 is 0. The van der Waals surface area contributed by atoms with Gasteiger partial charge in [0, 0.05) is 25.2 Å². The fraction of sp³-hybridized carbons (Fsp3) is 0.364. The van der Waals surface area contributed by atoms with Crippen molar-refractivity contribution < 1.29 is 26.7 Å². The monoisotopic (exact) mass is 321 g/mol. The maximum absolute atomic E-state index is 13.2. The van der Waals surface area contributed by atoms with Crippen LogP contribution in [0.5, 0.6) is 5.75 Å². The van der Waals surface area contributed by atoms with Gasteiger partial charge in [0.2, 0.25) is 10.0 Å². The zero-order chi connectivity index (χ0) is 15.8. The number of hydrogen-bond donors (Lipinski definition) is 2. The van der Waals surface area contributed by atoms with Gasteiger partial charge in [-0.15, -0.1) is 0 Å². The molecule has 0 unspecified atom stereocenters. The third-order valence-electron chi connectivity index (χ3n) is 3.08. The first kappa shape index (κ1) is 15.4. The molecule has 1 aromatic carbocycles. The number of urea groups is 1. The number of halogens is 2. The Morgan fingerprint density at radius 2 is 1.95 bits per heavy atom. The number of primary sulfonamides is 1. The van der Waals surface area contributed by atoms with Gasteiger partial charge >= 0.3 is 6.03 Å². The van der Waals surface area contributed by atoms with E-state index in [2.05, 4.69) is 5.32 Å². The van der Waals surface area contributed by atoms with Gasteiger partial charge in [0.05, 0.1) is 12.8 Å². The molecule has 1 fully saturated rings. The summed E-state index contributed by atoms with van der Waals surface area (Å²) in [5, 5.41) is 6.45. The number of nitrogens with one attached hydrogen (secondary N) is 1. The smallest absolute Gasteiger partial charge is 0.322 e. The zero-order valence-corrected chi connectivity index (χ0v) is 11.8. The molecule has 1 heterocycles. The summed E-state index contributed by atoms with van der Waals surface area (Å²) in [5.74, 6) is -2.30. The van der Waals surface area contributed by atoms with Gasteiger partial charge < -0.3 is 15.0 Å². The van der Waals surface area contributed by atoms with E-state index in [0.29, 0.717) is 0 Å². The normalized spacial score (nSPS) is 15.5. The largest absolute Gasteiger partial charge is 0.494 e. The van der Waals surface area contributed by atoms with Crippen molar-refractivity contribution in [3.8, 4) is 5.75 Å². The summed E-state index contributed by atoms with van der Waals surface area (Å²) in [6, 6.07) is 0.927. The first-order valence-corrected chi connectivity index (χ1v) is 7.44. The molecule has 3 N–H and O–H groups in total. The van der Waals surface area contributed by atoms with Crippen LogP contribution in [0.1, 0.15) is 0 Å². The summed E-state index contributed by atoms with van der Waals surface area (Å²) < 4.78 is 53.1. The fourth-order valence-corrected chi connectivity index (χ4v) is 2.58. The lowest BCUT2D eigenvalue weighted by atomic mass is 10.2. The van der Waals surface area contributed by atoms with Crippen molar-refractivity contribution in [2.45, 2.75) is 5.25 Å². The number of nitrogens with two attached hydrogens (primary N) is 1. The fourth-order valence-electron chi connectivity index (χ4n) is 1.80. The van der Waals surface area contributed by atoms with Crippen LogP contribution in [0.2, 0.25) is 0 Å². The molecule has 0 saturated carbocycles. The summed E-state index contributed by atoms with van der Waals surface area (Å²) in [6.45, 7) is -0.118. The van der Waals surface area contributed by atoms with Gasteiger partial charge in [-0.05, 0) is 0 Å². The Kier molecular flexibility index (Phi) is 4.01.